The molecule has 0 saturated heterocycles. The Morgan fingerprint density at radius 2 is 1.94 bits per heavy atom. The Hall–Kier alpha value is -1.10. The number of carboxylic acid groups (broad SMARTS) is 1. The van der Waals surface area contributed by atoms with Crippen LogP contribution in [0.2, 0.25) is 0 Å². The Bertz CT molecular complexity index is 244. The van der Waals surface area contributed by atoms with E-state index in [0.29, 0.717) is 0 Å². The van der Waals surface area contributed by atoms with E-state index in [4.69, 9.17) is 10.8 Å². The van der Waals surface area contributed by atoms with Crippen LogP contribution in [0.1, 0.15) is 52.4 Å². The topological polar surface area (TPSA) is 92.4 Å². The first kappa shape index (κ1) is 15.9. The van der Waals surface area contributed by atoms with E-state index in [0.717, 1.165) is 19.3 Å². The highest BCUT2D eigenvalue weighted by atomic mass is 16.4. The van der Waals surface area contributed by atoms with E-state index in [-0.39, 0.29) is 18.4 Å². The van der Waals surface area contributed by atoms with Crippen molar-refractivity contribution in [1.82, 2.24) is 5.32 Å². The SMILES string of the molecule is CCCCCCC(C)NC(=O)[C@@H](N)CC(=O)O. The molecule has 5 nitrogen and oxygen atoms in total. The number of unbranched alkanes of at least 4 members (excludes halogenated alkanes) is 3. The van der Waals surface area contributed by atoms with Crippen LogP contribution in [0.4, 0.5) is 0 Å². The minimum Gasteiger partial charge on any atom is -0.481 e. The fourth-order valence-corrected chi connectivity index (χ4v) is 1.58. The summed E-state index contributed by atoms with van der Waals surface area (Å²) in [5, 5.41) is 11.2. The van der Waals surface area contributed by atoms with Crippen molar-refractivity contribution in [3.8, 4) is 0 Å². The predicted molar refractivity (Wildman–Crippen MR) is 66.6 cm³/mol. The number of carbonyl (C=O) groups is 2. The van der Waals surface area contributed by atoms with Crippen LogP contribution in [0.15, 0.2) is 0 Å². The van der Waals surface area contributed by atoms with Crippen molar-refractivity contribution in [2.75, 3.05) is 0 Å². The summed E-state index contributed by atoms with van der Waals surface area (Å²) in [5.41, 5.74) is 5.45. The molecule has 4 N–H and O–H groups in total. The van der Waals surface area contributed by atoms with Crippen molar-refractivity contribution in [2.45, 2.75) is 64.5 Å². The predicted octanol–water partition coefficient (Wildman–Crippen LogP) is 1.26. The average molecular weight is 244 g/mol. The third-order valence-electron chi connectivity index (χ3n) is 2.61. The number of hydrogen-bond donors (Lipinski definition) is 3. The summed E-state index contributed by atoms with van der Waals surface area (Å²) in [7, 11) is 0. The minimum atomic E-state index is -1.05. The van der Waals surface area contributed by atoms with Gasteiger partial charge in [-0.15, -0.1) is 0 Å². The zero-order valence-corrected chi connectivity index (χ0v) is 10.7. The standard InChI is InChI=1S/C12H24N2O3/c1-3-4-5-6-7-9(2)14-12(17)10(13)8-11(15)16/h9-10H,3-8,13H2,1-2H3,(H,14,17)(H,15,16)/t9?,10-/m0/s1. The number of nitrogens with two attached hydrogens (primary N) is 1. The number of carboxylic acids is 1. The van der Waals surface area contributed by atoms with Gasteiger partial charge in [-0.25, -0.2) is 0 Å². The van der Waals surface area contributed by atoms with E-state index in [2.05, 4.69) is 12.2 Å². The molecule has 0 radical (unpaired) electrons. The Kier molecular flexibility index (Phi) is 8.40. The van der Waals surface area contributed by atoms with Gasteiger partial charge in [0.25, 0.3) is 0 Å². The van der Waals surface area contributed by atoms with E-state index in [9.17, 15) is 9.59 Å². The van der Waals surface area contributed by atoms with Crippen LogP contribution in [0, 0.1) is 0 Å². The third-order valence-corrected chi connectivity index (χ3v) is 2.61. The van der Waals surface area contributed by atoms with Gasteiger partial charge in [-0.1, -0.05) is 32.6 Å². The molecular formula is C12H24N2O3. The third kappa shape index (κ3) is 8.68. The Labute approximate surface area is 103 Å². The van der Waals surface area contributed by atoms with Gasteiger partial charge in [0, 0.05) is 6.04 Å². The second-order valence-electron chi connectivity index (χ2n) is 4.46. The molecule has 0 bridgehead atoms. The van der Waals surface area contributed by atoms with Crippen molar-refractivity contribution < 1.29 is 14.7 Å². The maximum Gasteiger partial charge on any atom is 0.305 e. The largest absolute Gasteiger partial charge is 0.481 e. The Morgan fingerprint density at radius 3 is 2.47 bits per heavy atom. The molecule has 100 valence electrons. The van der Waals surface area contributed by atoms with Crippen LogP contribution < -0.4 is 11.1 Å². The lowest BCUT2D eigenvalue weighted by molar-refractivity contribution is -0.139. The van der Waals surface area contributed by atoms with Gasteiger partial charge >= 0.3 is 5.97 Å². The quantitative estimate of drug-likeness (QED) is 0.532. The zero-order valence-electron chi connectivity index (χ0n) is 10.7. The Balaban J connectivity index is 3.75. The second-order valence-corrected chi connectivity index (χ2v) is 4.46. The van der Waals surface area contributed by atoms with Crippen LogP contribution in [0.3, 0.4) is 0 Å². The summed E-state index contributed by atoms with van der Waals surface area (Å²) in [4.78, 5) is 21.9. The van der Waals surface area contributed by atoms with Gasteiger partial charge in [-0.2, -0.15) is 0 Å². The molecule has 0 aromatic rings. The molecule has 0 rings (SSSR count). The van der Waals surface area contributed by atoms with E-state index < -0.39 is 12.0 Å². The van der Waals surface area contributed by atoms with Gasteiger partial charge < -0.3 is 16.2 Å². The van der Waals surface area contributed by atoms with Crippen LogP contribution in [-0.4, -0.2) is 29.1 Å². The summed E-state index contributed by atoms with van der Waals surface area (Å²) in [6.45, 7) is 4.06. The average Bonchev–Trinajstić information content (AvgIpc) is 2.23. The highest BCUT2D eigenvalue weighted by Gasteiger charge is 2.18. The Morgan fingerprint density at radius 1 is 1.29 bits per heavy atom. The molecule has 17 heavy (non-hydrogen) atoms. The van der Waals surface area contributed by atoms with Crippen molar-refractivity contribution in [1.29, 1.82) is 0 Å². The highest BCUT2D eigenvalue weighted by Crippen LogP contribution is 2.05. The molecule has 0 aliphatic heterocycles. The van der Waals surface area contributed by atoms with E-state index >= 15 is 0 Å². The van der Waals surface area contributed by atoms with Crippen LogP contribution >= 0.6 is 0 Å². The molecule has 0 fully saturated rings. The molecule has 0 aliphatic rings. The van der Waals surface area contributed by atoms with E-state index in [1.54, 1.807) is 0 Å². The van der Waals surface area contributed by atoms with Gasteiger partial charge in [0.1, 0.15) is 0 Å². The molecule has 1 unspecified atom stereocenters. The summed E-state index contributed by atoms with van der Waals surface area (Å²) in [5.74, 6) is -1.43. The van der Waals surface area contributed by atoms with Gasteiger partial charge in [-0.3, -0.25) is 9.59 Å². The zero-order chi connectivity index (χ0) is 13.3. The minimum absolute atomic E-state index is 0.0548. The first-order chi connectivity index (χ1) is 7.97. The summed E-state index contributed by atoms with van der Waals surface area (Å²) < 4.78 is 0. The molecule has 0 saturated carbocycles. The van der Waals surface area contributed by atoms with Crippen LogP contribution in [0.25, 0.3) is 0 Å². The smallest absolute Gasteiger partial charge is 0.305 e. The molecule has 5 heteroatoms. The van der Waals surface area contributed by atoms with Crippen LogP contribution in [-0.2, 0) is 9.59 Å². The van der Waals surface area contributed by atoms with Gasteiger partial charge in [-0.05, 0) is 13.3 Å². The van der Waals surface area contributed by atoms with Crippen molar-refractivity contribution in [3.05, 3.63) is 0 Å². The van der Waals surface area contributed by atoms with Gasteiger partial charge in [0.2, 0.25) is 5.91 Å². The number of carbonyl (C=O) groups excluding carboxylic acids is 1. The molecule has 0 aliphatic carbocycles. The van der Waals surface area contributed by atoms with Gasteiger partial charge in [0.05, 0.1) is 12.5 Å². The fraction of sp³-hybridized carbons (Fsp3) is 0.833. The lowest BCUT2D eigenvalue weighted by Crippen LogP contribution is -2.45. The lowest BCUT2D eigenvalue weighted by Gasteiger charge is -2.16. The first-order valence-electron chi connectivity index (χ1n) is 6.25. The number of nitrogens with one attached hydrogen (secondary N) is 1. The second kappa shape index (κ2) is 8.98. The highest BCUT2D eigenvalue weighted by molar-refractivity contribution is 5.86. The number of hydrogen-bond acceptors (Lipinski definition) is 3. The van der Waals surface area contributed by atoms with Crippen LogP contribution in [0.5, 0.6) is 0 Å². The molecule has 0 heterocycles. The number of rotatable bonds is 9. The molecule has 0 spiro atoms. The molecular weight excluding hydrogens is 220 g/mol. The summed E-state index contributed by atoms with van der Waals surface area (Å²) in [6.07, 6.45) is 5.21. The molecule has 2 atom stereocenters. The number of aliphatic carboxylic acids is 1. The maximum atomic E-state index is 11.5. The fourth-order valence-electron chi connectivity index (χ4n) is 1.58. The molecule has 1 amide bonds. The first-order valence-corrected chi connectivity index (χ1v) is 6.25. The van der Waals surface area contributed by atoms with Gasteiger partial charge in [0.15, 0.2) is 0 Å². The van der Waals surface area contributed by atoms with Crippen molar-refractivity contribution in [2.24, 2.45) is 5.73 Å². The summed E-state index contributed by atoms with van der Waals surface area (Å²) >= 11 is 0. The summed E-state index contributed by atoms with van der Waals surface area (Å²) in [6, 6.07) is -0.898. The molecule has 0 aromatic carbocycles. The monoisotopic (exact) mass is 244 g/mol. The van der Waals surface area contributed by atoms with Crippen molar-refractivity contribution in [3.63, 3.8) is 0 Å². The van der Waals surface area contributed by atoms with E-state index in [1.165, 1.54) is 12.8 Å². The lowest BCUT2D eigenvalue weighted by atomic mass is 10.1. The molecule has 0 aromatic heterocycles. The maximum absolute atomic E-state index is 11.5. The number of amides is 1. The van der Waals surface area contributed by atoms with E-state index in [1.807, 2.05) is 6.92 Å². The normalized spacial score (nSPS) is 14.1. The van der Waals surface area contributed by atoms with Crippen molar-refractivity contribution >= 4 is 11.9 Å².